The average molecular weight is 200 g/mol. The molecule has 0 aliphatic carbocycles. The topological polar surface area (TPSA) is 26.3 Å². The monoisotopic (exact) mass is 200 g/mol. The van der Waals surface area contributed by atoms with Gasteiger partial charge in [-0.15, -0.1) is 0 Å². The molecule has 2 aromatic carbocycles. The Kier molecular flexibility index (Phi) is 2.42. The zero-order valence-corrected chi connectivity index (χ0v) is 8.78. The summed E-state index contributed by atoms with van der Waals surface area (Å²) >= 11 is 0. The molecule has 0 heterocycles. The summed E-state index contributed by atoms with van der Waals surface area (Å²) in [4.78, 5) is 11.3. The third-order valence-electron chi connectivity index (χ3n) is 2.42. The molecule has 0 saturated carbocycles. The van der Waals surface area contributed by atoms with E-state index in [0.29, 0.717) is 5.56 Å². The number of methoxy groups -OCH3 is 1. The molecule has 2 aromatic rings. The van der Waals surface area contributed by atoms with Gasteiger partial charge in [0, 0.05) is 0 Å². The highest BCUT2D eigenvalue weighted by molar-refractivity contribution is 5.95. The summed E-state index contributed by atoms with van der Waals surface area (Å²) in [6, 6.07) is 11.7. The Morgan fingerprint density at radius 2 is 1.73 bits per heavy atom. The molecule has 0 aromatic heterocycles. The molecule has 0 bridgehead atoms. The molecule has 0 N–H and O–H groups in total. The summed E-state index contributed by atoms with van der Waals surface area (Å²) in [6.07, 6.45) is 0. The fourth-order valence-corrected chi connectivity index (χ4v) is 1.61. The molecular weight excluding hydrogens is 188 g/mol. The molecule has 0 spiro atoms. The Hall–Kier alpha value is -1.83. The maximum absolute atomic E-state index is 11.3. The van der Waals surface area contributed by atoms with Crippen LogP contribution in [0.4, 0.5) is 0 Å². The second kappa shape index (κ2) is 3.73. The average Bonchev–Trinajstić information content (AvgIpc) is 2.27. The molecule has 76 valence electrons. The van der Waals surface area contributed by atoms with Gasteiger partial charge in [0.1, 0.15) is 0 Å². The Bertz CT molecular complexity index is 515. The quantitative estimate of drug-likeness (QED) is 0.661. The van der Waals surface area contributed by atoms with Crippen molar-refractivity contribution in [3.8, 4) is 0 Å². The van der Waals surface area contributed by atoms with E-state index in [9.17, 15) is 4.79 Å². The molecule has 0 fully saturated rings. The van der Waals surface area contributed by atoms with Crippen molar-refractivity contribution in [3.05, 3.63) is 47.5 Å². The van der Waals surface area contributed by atoms with Crippen LogP contribution in [0.5, 0.6) is 0 Å². The van der Waals surface area contributed by atoms with Crippen molar-refractivity contribution >= 4 is 16.7 Å². The number of carbonyl (C=O) groups is 1. The van der Waals surface area contributed by atoms with E-state index in [1.54, 1.807) is 6.07 Å². The Labute approximate surface area is 88.5 Å². The highest BCUT2D eigenvalue weighted by Crippen LogP contribution is 2.17. The van der Waals surface area contributed by atoms with Crippen LogP contribution in [0.1, 0.15) is 15.9 Å². The summed E-state index contributed by atoms with van der Waals surface area (Å²) in [5.41, 5.74) is 1.81. The summed E-state index contributed by atoms with van der Waals surface area (Å²) in [5, 5.41) is 2.20. The normalized spacial score (nSPS) is 10.3. The minimum atomic E-state index is -0.294. The third kappa shape index (κ3) is 1.84. The first kappa shape index (κ1) is 9.71. The van der Waals surface area contributed by atoms with Gasteiger partial charge in [0.2, 0.25) is 0 Å². The van der Waals surface area contributed by atoms with Crippen molar-refractivity contribution < 1.29 is 9.53 Å². The van der Waals surface area contributed by atoms with Crippen LogP contribution in [0, 0.1) is 6.92 Å². The van der Waals surface area contributed by atoms with E-state index in [2.05, 4.69) is 10.8 Å². The molecule has 0 atom stereocenters. The summed E-state index contributed by atoms with van der Waals surface area (Å²) in [5.74, 6) is -0.294. The molecule has 0 aliphatic heterocycles. The van der Waals surface area contributed by atoms with Crippen LogP contribution in [0.15, 0.2) is 36.4 Å². The highest BCUT2D eigenvalue weighted by Gasteiger charge is 2.05. The lowest BCUT2D eigenvalue weighted by Crippen LogP contribution is -2.00. The molecule has 0 unspecified atom stereocenters. The number of esters is 1. The zero-order valence-electron chi connectivity index (χ0n) is 8.78. The largest absolute Gasteiger partial charge is 0.465 e. The van der Waals surface area contributed by atoms with Gasteiger partial charge in [-0.1, -0.05) is 29.8 Å². The number of fused-ring (bicyclic) bond motifs is 1. The number of rotatable bonds is 1. The van der Waals surface area contributed by atoms with Gasteiger partial charge in [-0.25, -0.2) is 4.79 Å². The number of aryl methyl sites for hydroxylation is 1. The molecular formula is C13H12O2. The van der Waals surface area contributed by atoms with Crippen LogP contribution >= 0.6 is 0 Å². The predicted molar refractivity (Wildman–Crippen MR) is 60.0 cm³/mol. The maximum atomic E-state index is 11.3. The van der Waals surface area contributed by atoms with Crippen molar-refractivity contribution in [3.63, 3.8) is 0 Å². The fraction of sp³-hybridized carbons (Fsp3) is 0.154. The molecule has 2 heteroatoms. The third-order valence-corrected chi connectivity index (χ3v) is 2.42. The van der Waals surface area contributed by atoms with Crippen LogP contribution in [-0.2, 0) is 4.74 Å². The minimum absolute atomic E-state index is 0.294. The minimum Gasteiger partial charge on any atom is -0.465 e. The lowest BCUT2D eigenvalue weighted by atomic mass is 10.0. The van der Waals surface area contributed by atoms with Gasteiger partial charge in [-0.2, -0.15) is 0 Å². The summed E-state index contributed by atoms with van der Waals surface area (Å²) < 4.78 is 4.67. The Balaban J connectivity index is 2.57. The smallest absolute Gasteiger partial charge is 0.337 e. The van der Waals surface area contributed by atoms with Gasteiger partial charge in [-0.3, -0.25) is 0 Å². The summed E-state index contributed by atoms with van der Waals surface area (Å²) in [6.45, 7) is 2.05. The van der Waals surface area contributed by atoms with E-state index < -0.39 is 0 Å². The number of benzene rings is 2. The Morgan fingerprint density at radius 1 is 1.07 bits per heavy atom. The van der Waals surface area contributed by atoms with Gasteiger partial charge in [0.15, 0.2) is 0 Å². The number of hydrogen-bond acceptors (Lipinski definition) is 2. The Morgan fingerprint density at radius 3 is 2.47 bits per heavy atom. The van der Waals surface area contributed by atoms with E-state index in [0.717, 1.165) is 10.8 Å². The van der Waals surface area contributed by atoms with Crippen LogP contribution in [-0.4, -0.2) is 13.1 Å². The maximum Gasteiger partial charge on any atom is 0.337 e. The molecule has 2 nitrogen and oxygen atoms in total. The van der Waals surface area contributed by atoms with Gasteiger partial charge in [0.25, 0.3) is 0 Å². The van der Waals surface area contributed by atoms with Crippen LogP contribution in [0.25, 0.3) is 10.8 Å². The van der Waals surface area contributed by atoms with Gasteiger partial charge < -0.3 is 4.74 Å². The van der Waals surface area contributed by atoms with Crippen LogP contribution in [0.3, 0.4) is 0 Å². The first-order valence-electron chi connectivity index (χ1n) is 4.79. The van der Waals surface area contributed by atoms with Gasteiger partial charge >= 0.3 is 5.97 Å². The highest BCUT2D eigenvalue weighted by atomic mass is 16.5. The standard InChI is InChI=1S/C13H12O2/c1-9-3-4-11-8-12(13(14)15-2)6-5-10(11)7-9/h3-8H,1-2H3. The molecule has 0 radical (unpaired) electrons. The van der Waals surface area contributed by atoms with E-state index in [-0.39, 0.29) is 5.97 Å². The lowest BCUT2D eigenvalue weighted by Gasteiger charge is -2.02. The zero-order chi connectivity index (χ0) is 10.8. The first-order valence-corrected chi connectivity index (χ1v) is 4.79. The van der Waals surface area contributed by atoms with Crippen LogP contribution in [0.2, 0.25) is 0 Å². The molecule has 2 rings (SSSR count). The molecule has 0 aliphatic rings. The van der Waals surface area contributed by atoms with Crippen molar-refractivity contribution in [1.82, 2.24) is 0 Å². The van der Waals surface area contributed by atoms with Crippen molar-refractivity contribution in [2.24, 2.45) is 0 Å². The second-order valence-electron chi connectivity index (χ2n) is 3.56. The van der Waals surface area contributed by atoms with Crippen molar-refractivity contribution in [2.45, 2.75) is 6.92 Å². The predicted octanol–water partition coefficient (Wildman–Crippen LogP) is 2.93. The first-order chi connectivity index (χ1) is 7.20. The van der Waals surface area contributed by atoms with E-state index in [1.807, 2.05) is 31.2 Å². The molecule has 0 amide bonds. The van der Waals surface area contributed by atoms with Crippen molar-refractivity contribution in [2.75, 3.05) is 7.11 Å². The van der Waals surface area contributed by atoms with Crippen LogP contribution < -0.4 is 0 Å². The second-order valence-corrected chi connectivity index (χ2v) is 3.56. The van der Waals surface area contributed by atoms with Gasteiger partial charge in [-0.05, 0) is 29.8 Å². The fourth-order valence-electron chi connectivity index (χ4n) is 1.61. The summed E-state index contributed by atoms with van der Waals surface area (Å²) in [7, 11) is 1.39. The molecule has 0 saturated heterocycles. The van der Waals surface area contributed by atoms with E-state index in [1.165, 1.54) is 12.7 Å². The van der Waals surface area contributed by atoms with Crippen molar-refractivity contribution in [1.29, 1.82) is 0 Å². The van der Waals surface area contributed by atoms with Gasteiger partial charge in [0.05, 0.1) is 12.7 Å². The van der Waals surface area contributed by atoms with E-state index >= 15 is 0 Å². The number of hydrogen-bond donors (Lipinski definition) is 0. The lowest BCUT2D eigenvalue weighted by molar-refractivity contribution is 0.0601. The molecule has 15 heavy (non-hydrogen) atoms. The number of carbonyl (C=O) groups excluding carboxylic acids is 1. The van der Waals surface area contributed by atoms with E-state index in [4.69, 9.17) is 0 Å². The number of ether oxygens (including phenoxy) is 1. The SMILES string of the molecule is COC(=O)c1ccc2cc(C)ccc2c1.